The van der Waals surface area contributed by atoms with Gasteiger partial charge in [0, 0.05) is 41.5 Å². The average molecular weight is 392 g/mol. The maximum atomic E-state index is 12.8. The van der Waals surface area contributed by atoms with Crippen LogP contribution in [0.25, 0.3) is 10.9 Å². The second-order valence-corrected chi connectivity index (χ2v) is 7.48. The van der Waals surface area contributed by atoms with Crippen LogP contribution in [0.1, 0.15) is 55.7 Å². The number of carbonyl (C=O) groups is 1. The van der Waals surface area contributed by atoms with Crippen molar-refractivity contribution < 1.29 is 14.3 Å². The number of unbranched alkanes of at least 4 members (excludes halogenated alkanes) is 1. The van der Waals surface area contributed by atoms with Crippen LogP contribution in [0.5, 0.6) is 11.5 Å². The van der Waals surface area contributed by atoms with E-state index >= 15 is 0 Å². The van der Waals surface area contributed by atoms with Crippen LogP contribution in [0.2, 0.25) is 0 Å². The van der Waals surface area contributed by atoms with Crippen molar-refractivity contribution in [1.29, 1.82) is 0 Å². The summed E-state index contributed by atoms with van der Waals surface area (Å²) in [7, 11) is 0. The van der Waals surface area contributed by atoms with Crippen molar-refractivity contribution in [3.05, 3.63) is 59.3 Å². The number of hydrogen-bond donors (Lipinski definition) is 2. The number of H-pyrrole nitrogens is 1. The van der Waals surface area contributed by atoms with Crippen molar-refractivity contribution in [3.8, 4) is 11.5 Å². The number of benzene rings is 2. The summed E-state index contributed by atoms with van der Waals surface area (Å²) in [4.78, 5) is 16.2. The lowest BCUT2D eigenvalue weighted by Gasteiger charge is -2.19. The molecule has 2 N–H and O–H groups in total. The topological polar surface area (TPSA) is 63.4 Å². The molecule has 2 aromatic carbocycles. The number of ether oxygens (including phenoxy) is 2. The number of para-hydroxylation sites is 2. The molecule has 0 fully saturated rings. The van der Waals surface area contributed by atoms with E-state index in [1.165, 1.54) is 5.56 Å². The van der Waals surface area contributed by atoms with Crippen LogP contribution in [0.3, 0.4) is 0 Å². The van der Waals surface area contributed by atoms with Crippen LogP contribution < -0.4 is 14.8 Å². The summed E-state index contributed by atoms with van der Waals surface area (Å²) in [5.74, 6) is 1.43. The third-order valence-electron chi connectivity index (χ3n) is 5.63. The first-order valence-electron chi connectivity index (χ1n) is 10.5. The second-order valence-electron chi connectivity index (χ2n) is 7.48. The van der Waals surface area contributed by atoms with Gasteiger partial charge in [-0.05, 0) is 30.0 Å². The van der Waals surface area contributed by atoms with E-state index in [0.29, 0.717) is 13.0 Å². The first-order valence-corrected chi connectivity index (χ1v) is 10.5. The van der Waals surface area contributed by atoms with E-state index in [4.69, 9.17) is 9.47 Å². The van der Waals surface area contributed by atoms with Crippen LogP contribution >= 0.6 is 0 Å². The van der Waals surface area contributed by atoms with Gasteiger partial charge >= 0.3 is 0 Å². The summed E-state index contributed by atoms with van der Waals surface area (Å²) in [5.41, 5.74) is 4.53. The maximum Gasteiger partial charge on any atom is 0.231 e. The predicted octanol–water partition coefficient (Wildman–Crippen LogP) is 4.90. The molecule has 1 aliphatic rings. The van der Waals surface area contributed by atoms with Gasteiger partial charge in [-0.2, -0.15) is 0 Å². The predicted molar refractivity (Wildman–Crippen MR) is 115 cm³/mol. The van der Waals surface area contributed by atoms with Gasteiger partial charge in [0.15, 0.2) is 11.5 Å². The van der Waals surface area contributed by atoms with Gasteiger partial charge in [-0.15, -0.1) is 0 Å². The Balaban J connectivity index is 1.75. The lowest BCUT2D eigenvalue weighted by molar-refractivity contribution is -0.121. The molecule has 29 heavy (non-hydrogen) atoms. The molecule has 0 bridgehead atoms. The minimum Gasteiger partial charge on any atom is -0.454 e. The van der Waals surface area contributed by atoms with Crippen LogP contribution in [0.15, 0.2) is 42.6 Å². The average Bonchev–Trinajstić information content (AvgIpc) is 3.39. The van der Waals surface area contributed by atoms with Gasteiger partial charge in [0.1, 0.15) is 0 Å². The molecule has 2 heterocycles. The molecule has 1 aliphatic heterocycles. The van der Waals surface area contributed by atoms with E-state index in [-0.39, 0.29) is 18.6 Å². The highest BCUT2D eigenvalue weighted by Gasteiger charge is 2.28. The summed E-state index contributed by atoms with van der Waals surface area (Å²) in [6, 6.07) is 12.3. The Morgan fingerprint density at radius 2 is 2.00 bits per heavy atom. The molecule has 5 nitrogen and oxygen atoms in total. The number of hydrogen-bond acceptors (Lipinski definition) is 3. The smallest absolute Gasteiger partial charge is 0.231 e. The Labute approximate surface area is 171 Å². The van der Waals surface area contributed by atoms with E-state index in [1.54, 1.807) is 0 Å². The molecular weight excluding hydrogens is 364 g/mol. The normalized spacial score (nSPS) is 13.6. The fourth-order valence-electron chi connectivity index (χ4n) is 4.10. The standard InChI is InChI=1S/C24H28N2O3/c1-3-5-12-25-22(27)13-19(18-10-7-11-21-24(18)29-15-28-21)20-14-26-23-16(4-2)8-6-9-17(20)23/h6-11,14,19,26H,3-5,12-13,15H2,1-2H3,(H,25,27)/t19-/m1/s1. The largest absolute Gasteiger partial charge is 0.454 e. The molecular formula is C24H28N2O3. The molecule has 5 heteroatoms. The molecule has 0 aliphatic carbocycles. The van der Waals surface area contributed by atoms with Gasteiger partial charge in [0.2, 0.25) is 12.7 Å². The highest BCUT2D eigenvalue weighted by atomic mass is 16.7. The minimum absolute atomic E-state index is 0.0564. The van der Waals surface area contributed by atoms with Gasteiger partial charge in [0.25, 0.3) is 0 Å². The Bertz CT molecular complexity index is 1010. The van der Waals surface area contributed by atoms with Gasteiger partial charge < -0.3 is 19.8 Å². The first-order chi connectivity index (χ1) is 14.2. The van der Waals surface area contributed by atoms with Crippen LogP contribution in [0.4, 0.5) is 0 Å². The van der Waals surface area contributed by atoms with Gasteiger partial charge in [-0.25, -0.2) is 0 Å². The molecule has 152 valence electrons. The van der Waals surface area contributed by atoms with Crippen molar-refractivity contribution in [2.24, 2.45) is 0 Å². The summed E-state index contributed by atoms with van der Waals surface area (Å²) < 4.78 is 11.4. The molecule has 0 spiro atoms. The number of nitrogens with one attached hydrogen (secondary N) is 2. The maximum absolute atomic E-state index is 12.8. The van der Waals surface area contributed by atoms with E-state index < -0.39 is 0 Å². The first kappa shape index (κ1) is 19.4. The van der Waals surface area contributed by atoms with Gasteiger partial charge in [0.05, 0.1) is 0 Å². The van der Waals surface area contributed by atoms with Crippen LogP contribution in [-0.2, 0) is 11.2 Å². The van der Waals surface area contributed by atoms with Crippen molar-refractivity contribution in [1.82, 2.24) is 10.3 Å². The highest BCUT2D eigenvalue weighted by molar-refractivity contribution is 5.88. The SMILES string of the molecule is CCCCNC(=O)C[C@H](c1cccc2c1OCO2)c1c[nH]c2c(CC)cccc12. The third-order valence-corrected chi connectivity index (χ3v) is 5.63. The van der Waals surface area contributed by atoms with Gasteiger partial charge in [-0.1, -0.05) is 50.6 Å². The summed E-state index contributed by atoms with van der Waals surface area (Å²) in [6.45, 7) is 5.21. The minimum atomic E-state index is -0.117. The van der Waals surface area contributed by atoms with E-state index in [2.05, 4.69) is 42.3 Å². The molecule has 0 unspecified atom stereocenters. The second kappa shape index (κ2) is 8.60. The number of carbonyl (C=O) groups excluding carboxylic acids is 1. The molecule has 0 saturated carbocycles. The number of rotatable bonds is 8. The summed E-state index contributed by atoms with van der Waals surface area (Å²) >= 11 is 0. The highest BCUT2D eigenvalue weighted by Crippen LogP contribution is 2.44. The number of aryl methyl sites for hydroxylation is 1. The number of amides is 1. The lowest BCUT2D eigenvalue weighted by atomic mass is 9.86. The van der Waals surface area contributed by atoms with E-state index in [0.717, 1.165) is 52.8 Å². The monoisotopic (exact) mass is 392 g/mol. The Hall–Kier alpha value is -2.95. The zero-order valence-electron chi connectivity index (χ0n) is 17.1. The molecule has 3 aromatic rings. The molecule has 0 saturated heterocycles. The summed E-state index contributed by atoms with van der Waals surface area (Å²) in [5, 5.41) is 4.22. The zero-order valence-corrected chi connectivity index (χ0v) is 17.1. The van der Waals surface area contributed by atoms with Crippen molar-refractivity contribution in [3.63, 3.8) is 0 Å². The van der Waals surface area contributed by atoms with Crippen molar-refractivity contribution in [2.75, 3.05) is 13.3 Å². The van der Waals surface area contributed by atoms with Crippen molar-refractivity contribution in [2.45, 2.75) is 45.4 Å². The van der Waals surface area contributed by atoms with Gasteiger partial charge in [-0.3, -0.25) is 4.79 Å². The molecule has 1 aromatic heterocycles. The van der Waals surface area contributed by atoms with E-state index in [9.17, 15) is 4.79 Å². The Morgan fingerprint density at radius 3 is 2.83 bits per heavy atom. The van der Waals surface area contributed by atoms with Crippen molar-refractivity contribution >= 4 is 16.8 Å². The Morgan fingerprint density at radius 1 is 1.14 bits per heavy atom. The fourth-order valence-corrected chi connectivity index (χ4v) is 4.10. The summed E-state index contributed by atoms with van der Waals surface area (Å²) in [6.07, 6.45) is 5.41. The number of aromatic nitrogens is 1. The molecule has 1 atom stereocenters. The van der Waals surface area contributed by atoms with E-state index in [1.807, 2.05) is 24.4 Å². The lowest BCUT2D eigenvalue weighted by Crippen LogP contribution is -2.26. The Kier molecular flexibility index (Phi) is 5.74. The number of fused-ring (bicyclic) bond motifs is 2. The van der Waals surface area contributed by atoms with Crippen LogP contribution in [-0.4, -0.2) is 24.2 Å². The third kappa shape index (κ3) is 3.82. The fraction of sp³-hybridized carbons (Fsp3) is 0.375. The number of aromatic amines is 1. The quantitative estimate of drug-likeness (QED) is 0.536. The zero-order chi connectivity index (χ0) is 20.2. The van der Waals surface area contributed by atoms with Crippen LogP contribution in [0, 0.1) is 0 Å². The molecule has 0 radical (unpaired) electrons. The molecule has 4 rings (SSSR count). The molecule has 1 amide bonds.